The summed E-state index contributed by atoms with van der Waals surface area (Å²) in [7, 11) is 3.14. The van der Waals surface area contributed by atoms with Crippen LogP contribution >= 0.6 is 0 Å². The number of anilines is 1. The molecule has 0 bridgehead atoms. The van der Waals surface area contributed by atoms with E-state index in [0.29, 0.717) is 43.2 Å². The molecule has 0 atom stereocenters. The van der Waals surface area contributed by atoms with E-state index in [1.807, 2.05) is 12.1 Å². The summed E-state index contributed by atoms with van der Waals surface area (Å²) < 4.78 is 50.6. The summed E-state index contributed by atoms with van der Waals surface area (Å²) >= 11 is 0. The Hall–Kier alpha value is -3.69. The number of amides is 1. The SMILES string of the molecule is COc1cc(OC)cc(N2CCN(C(=O)c3[nH]c(C(F)(F)F)nc3-c3ccccc3)CC2)c1. The Morgan fingerprint density at radius 3 is 2.12 bits per heavy atom. The molecule has 1 amide bonds. The minimum Gasteiger partial charge on any atom is -0.497 e. The molecule has 7 nitrogen and oxygen atoms in total. The number of benzene rings is 2. The number of hydrogen-bond donors (Lipinski definition) is 1. The normalized spacial score (nSPS) is 14.3. The highest BCUT2D eigenvalue weighted by Gasteiger charge is 2.38. The van der Waals surface area contributed by atoms with Crippen LogP contribution in [-0.4, -0.2) is 61.2 Å². The van der Waals surface area contributed by atoms with Crippen molar-refractivity contribution in [3.05, 3.63) is 60.0 Å². The Bertz CT molecular complexity index is 1100. The van der Waals surface area contributed by atoms with Crippen molar-refractivity contribution in [2.45, 2.75) is 6.18 Å². The molecule has 0 unspecified atom stereocenters. The van der Waals surface area contributed by atoms with E-state index in [2.05, 4.69) is 14.9 Å². The Labute approximate surface area is 188 Å². The first-order chi connectivity index (χ1) is 15.8. The number of aromatic nitrogens is 2. The standard InChI is InChI=1S/C23H23F3N4O3/c1-32-17-12-16(13-18(14-17)33-2)29-8-10-30(11-9-29)21(31)20-19(15-6-4-3-5-7-15)27-22(28-20)23(24,25)26/h3-7,12-14H,8-11H2,1-2H3,(H,27,28). The van der Waals surface area contributed by atoms with Crippen molar-refractivity contribution in [1.82, 2.24) is 14.9 Å². The van der Waals surface area contributed by atoms with Crippen LogP contribution < -0.4 is 14.4 Å². The minimum atomic E-state index is -4.69. The van der Waals surface area contributed by atoms with Crippen LogP contribution in [-0.2, 0) is 6.18 Å². The third-order valence-electron chi connectivity index (χ3n) is 5.50. The summed E-state index contributed by atoms with van der Waals surface area (Å²) in [6, 6.07) is 13.9. The fourth-order valence-electron chi connectivity index (χ4n) is 3.77. The van der Waals surface area contributed by atoms with Crippen molar-refractivity contribution in [3.8, 4) is 22.8 Å². The number of halogens is 3. The maximum Gasteiger partial charge on any atom is 0.449 e. The lowest BCUT2D eigenvalue weighted by Crippen LogP contribution is -2.49. The number of aromatic amines is 1. The molecule has 1 aliphatic heterocycles. The van der Waals surface area contributed by atoms with Gasteiger partial charge in [0.2, 0.25) is 5.82 Å². The number of alkyl halides is 3. The highest BCUT2D eigenvalue weighted by atomic mass is 19.4. The van der Waals surface area contributed by atoms with Gasteiger partial charge >= 0.3 is 6.18 Å². The van der Waals surface area contributed by atoms with Crippen LogP contribution in [0.1, 0.15) is 16.3 Å². The molecular weight excluding hydrogens is 437 g/mol. The summed E-state index contributed by atoms with van der Waals surface area (Å²) in [5.74, 6) is -0.411. The van der Waals surface area contributed by atoms with Gasteiger partial charge in [-0.2, -0.15) is 13.2 Å². The van der Waals surface area contributed by atoms with Crippen LogP contribution in [0.3, 0.4) is 0 Å². The number of H-pyrrole nitrogens is 1. The molecule has 2 aromatic carbocycles. The molecular formula is C23H23F3N4O3. The number of carbonyl (C=O) groups excluding carboxylic acids is 1. The molecule has 33 heavy (non-hydrogen) atoms. The van der Waals surface area contributed by atoms with Crippen molar-refractivity contribution < 1.29 is 27.4 Å². The molecule has 0 saturated carbocycles. The Kier molecular flexibility index (Phi) is 6.17. The molecule has 0 aliphatic carbocycles. The van der Waals surface area contributed by atoms with Crippen molar-refractivity contribution >= 4 is 11.6 Å². The molecule has 2 heterocycles. The zero-order valence-electron chi connectivity index (χ0n) is 18.1. The monoisotopic (exact) mass is 460 g/mol. The summed E-state index contributed by atoms with van der Waals surface area (Å²) in [6.07, 6.45) is -4.69. The minimum absolute atomic E-state index is 0.00659. The van der Waals surface area contributed by atoms with Gasteiger partial charge in [-0.3, -0.25) is 4.79 Å². The summed E-state index contributed by atoms with van der Waals surface area (Å²) in [6.45, 7) is 1.69. The van der Waals surface area contributed by atoms with E-state index in [1.54, 1.807) is 50.6 Å². The quantitative estimate of drug-likeness (QED) is 0.622. The van der Waals surface area contributed by atoms with Gasteiger partial charge in [-0.1, -0.05) is 30.3 Å². The summed E-state index contributed by atoms with van der Waals surface area (Å²) in [5, 5.41) is 0. The van der Waals surface area contributed by atoms with Gasteiger partial charge in [-0.05, 0) is 0 Å². The van der Waals surface area contributed by atoms with Crippen molar-refractivity contribution in [2.75, 3.05) is 45.3 Å². The van der Waals surface area contributed by atoms with Crippen LogP contribution in [0.25, 0.3) is 11.3 Å². The van der Waals surface area contributed by atoms with E-state index in [0.717, 1.165) is 5.69 Å². The Morgan fingerprint density at radius 1 is 0.970 bits per heavy atom. The summed E-state index contributed by atoms with van der Waals surface area (Å²) in [5.41, 5.74) is 1.15. The number of piperazine rings is 1. The zero-order chi connectivity index (χ0) is 23.6. The molecule has 1 N–H and O–H groups in total. The first-order valence-corrected chi connectivity index (χ1v) is 10.3. The fourth-order valence-corrected chi connectivity index (χ4v) is 3.77. The largest absolute Gasteiger partial charge is 0.497 e. The molecule has 1 fully saturated rings. The molecule has 3 aromatic rings. The van der Waals surface area contributed by atoms with Crippen LogP contribution in [0.5, 0.6) is 11.5 Å². The van der Waals surface area contributed by atoms with Crippen molar-refractivity contribution in [3.63, 3.8) is 0 Å². The van der Waals surface area contributed by atoms with E-state index >= 15 is 0 Å². The lowest BCUT2D eigenvalue weighted by atomic mass is 10.1. The van der Waals surface area contributed by atoms with Gasteiger partial charge in [0.1, 0.15) is 22.9 Å². The smallest absolute Gasteiger partial charge is 0.449 e. The van der Waals surface area contributed by atoms with E-state index in [-0.39, 0.29) is 11.4 Å². The lowest BCUT2D eigenvalue weighted by Gasteiger charge is -2.36. The van der Waals surface area contributed by atoms with Gasteiger partial charge in [0.05, 0.1) is 14.2 Å². The molecule has 0 radical (unpaired) electrons. The van der Waals surface area contributed by atoms with Gasteiger partial charge in [0, 0.05) is 55.6 Å². The topological polar surface area (TPSA) is 70.7 Å². The highest BCUT2D eigenvalue weighted by Crippen LogP contribution is 2.32. The predicted molar refractivity (Wildman–Crippen MR) is 117 cm³/mol. The second kappa shape index (κ2) is 9.05. The number of imidazole rings is 1. The molecule has 10 heteroatoms. The molecule has 174 valence electrons. The number of hydrogen-bond acceptors (Lipinski definition) is 5. The van der Waals surface area contributed by atoms with Crippen molar-refractivity contribution in [2.24, 2.45) is 0 Å². The molecule has 0 spiro atoms. The average Bonchev–Trinajstić information content (AvgIpc) is 3.30. The van der Waals surface area contributed by atoms with Crippen LogP contribution in [0.2, 0.25) is 0 Å². The van der Waals surface area contributed by atoms with Crippen LogP contribution in [0, 0.1) is 0 Å². The first kappa shape index (κ1) is 22.5. The van der Waals surface area contributed by atoms with Crippen LogP contribution in [0.4, 0.5) is 18.9 Å². The van der Waals surface area contributed by atoms with Gasteiger partial charge in [0.15, 0.2) is 0 Å². The van der Waals surface area contributed by atoms with Gasteiger partial charge in [0.25, 0.3) is 5.91 Å². The number of methoxy groups -OCH3 is 2. The average molecular weight is 460 g/mol. The van der Waals surface area contributed by atoms with Crippen molar-refractivity contribution in [1.29, 1.82) is 0 Å². The van der Waals surface area contributed by atoms with E-state index in [1.165, 1.54) is 4.90 Å². The molecule has 1 aromatic heterocycles. The van der Waals surface area contributed by atoms with E-state index in [4.69, 9.17) is 9.47 Å². The second-order valence-corrected chi connectivity index (χ2v) is 7.52. The number of nitrogens with zero attached hydrogens (tertiary/aromatic N) is 3. The second-order valence-electron chi connectivity index (χ2n) is 7.52. The van der Waals surface area contributed by atoms with Gasteiger partial charge < -0.3 is 24.3 Å². The summed E-state index contributed by atoms with van der Waals surface area (Å²) in [4.78, 5) is 22.7. The van der Waals surface area contributed by atoms with Crippen LogP contribution in [0.15, 0.2) is 48.5 Å². The fraction of sp³-hybridized carbons (Fsp3) is 0.304. The lowest BCUT2D eigenvalue weighted by molar-refractivity contribution is -0.144. The zero-order valence-corrected chi connectivity index (χ0v) is 18.1. The number of ether oxygens (including phenoxy) is 2. The van der Waals surface area contributed by atoms with Gasteiger partial charge in [-0.15, -0.1) is 0 Å². The maximum atomic E-state index is 13.3. The Morgan fingerprint density at radius 2 is 1.58 bits per heavy atom. The Balaban J connectivity index is 1.55. The molecule has 1 saturated heterocycles. The number of nitrogens with one attached hydrogen (secondary N) is 1. The first-order valence-electron chi connectivity index (χ1n) is 10.3. The molecule has 4 rings (SSSR count). The third kappa shape index (κ3) is 4.74. The number of carbonyl (C=O) groups is 1. The predicted octanol–water partition coefficient (Wildman–Crippen LogP) is 4.08. The third-order valence-corrected chi connectivity index (χ3v) is 5.50. The van der Waals surface area contributed by atoms with E-state index < -0.39 is 17.9 Å². The highest BCUT2D eigenvalue weighted by molar-refractivity contribution is 5.98. The molecule has 1 aliphatic rings. The van der Waals surface area contributed by atoms with Gasteiger partial charge in [-0.25, -0.2) is 4.98 Å². The van der Waals surface area contributed by atoms with E-state index in [9.17, 15) is 18.0 Å². The number of rotatable bonds is 5. The maximum absolute atomic E-state index is 13.3.